The number of halogens is 3. The Balaban J connectivity index is 3.16. The van der Waals surface area contributed by atoms with Crippen LogP contribution >= 0.6 is 0 Å². The SMILES string of the molecule is CC[C@@H](C)[C@H](NS(=O)(=O)c1cccc(C(F)(F)F)c1)C(=O)[O-]. The lowest BCUT2D eigenvalue weighted by Gasteiger charge is -2.25. The van der Waals surface area contributed by atoms with E-state index in [-0.39, 0.29) is 0 Å². The van der Waals surface area contributed by atoms with Crippen LogP contribution in [0.25, 0.3) is 0 Å². The fourth-order valence-electron chi connectivity index (χ4n) is 1.71. The van der Waals surface area contributed by atoms with E-state index in [4.69, 9.17) is 0 Å². The molecular formula is C13H15F3NO4S-. The molecule has 22 heavy (non-hydrogen) atoms. The number of rotatable bonds is 6. The summed E-state index contributed by atoms with van der Waals surface area (Å²) in [6.45, 7) is 3.15. The number of hydrogen-bond donors (Lipinski definition) is 1. The lowest BCUT2D eigenvalue weighted by atomic mass is 10.0. The monoisotopic (exact) mass is 338 g/mol. The molecule has 2 atom stereocenters. The van der Waals surface area contributed by atoms with Crippen LogP contribution in [0.4, 0.5) is 13.2 Å². The maximum atomic E-state index is 12.6. The summed E-state index contributed by atoms with van der Waals surface area (Å²) in [7, 11) is -4.41. The van der Waals surface area contributed by atoms with Crippen molar-refractivity contribution in [3.05, 3.63) is 29.8 Å². The van der Waals surface area contributed by atoms with E-state index in [0.717, 1.165) is 18.2 Å². The lowest BCUT2D eigenvalue weighted by molar-refractivity contribution is -0.309. The van der Waals surface area contributed by atoms with E-state index in [1.807, 2.05) is 4.72 Å². The molecule has 0 aliphatic rings. The predicted molar refractivity (Wildman–Crippen MR) is 70.0 cm³/mol. The Labute approximate surface area is 126 Å². The zero-order chi connectivity index (χ0) is 17.1. The molecule has 0 saturated heterocycles. The lowest BCUT2D eigenvalue weighted by Crippen LogP contribution is -2.51. The summed E-state index contributed by atoms with van der Waals surface area (Å²) in [6, 6.07) is 1.55. The molecule has 1 N–H and O–H groups in total. The molecule has 0 aliphatic carbocycles. The van der Waals surface area contributed by atoms with E-state index < -0.39 is 44.6 Å². The molecule has 0 heterocycles. The Hall–Kier alpha value is -1.61. The zero-order valence-electron chi connectivity index (χ0n) is 11.8. The molecule has 9 heteroatoms. The fraction of sp³-hybridized carbons (Fsp3) is 0.462. The first-order valence-electron chi connectivity index (χ1n) is 6.39. The minimum atomic E-state index is -4.70. The van der Waals surface area contributed by atoms with Crippen LogP contribution in [0, 0.1) is 5.92 Å². The van der Waals surface area contributed by atoms with Gasteiger partial charge >= 0.3 is 6.18 Å². The standard InChI is InChI=1S/C13H16F3NO4S/c1-3-8(2)11(12(18)19)17-22(20,21)10-6-4-5-9(7-10)13(14,15)16/h4-8,11,17H,3H2,1-2H3,(H,18,19)/p-1/t8-,11+/m1/s1. The third-order valence-electron chi connectivity index (χ3n) is 3.22. The van der Waals surface area contributed by atoms with Crippen LogP contribution in [0.15, 0.2) is 29.2 Å². The molecule has 0 unspecified atom stereocenters. The summed E-state index contributed by atoms with van der Waals surface area (Å²) < 4.78 is 63.9. The number of carbonyl (C=O) groups is 1. The average Bonchev–Trinajstić information content (AvgIpc) is 2.43. The van der Waals surface area contributed by atoms with E-state index in [2.05, 4.69) is 0 Å². The van der Waals surface area contributed by atoms with E-state index in [9.17, 15) is 31.5 Å². The molecule has 124 valence electrons. The molecule has 0 saturated carbocycles. The van der Waals surface area contributed by atoms with Gasteiger partial charge in [-0.1, -0.05) is 26.3 Å². The number of nitrogens with one attached hydrogen (secondary N) is 1. The van der Waals surface area contributed by atoms with Gasteiger partial charge in [0, 0.05) is 0 Å². The Bertz CT molecular complexity index is 643. The van der Waals surface area contributed by atoms with E-state index in [1.54, 1.807) is 6.92 Å². The second kappa shape index (κ2) is 6.66. The minimum Gasteiger partial charge on any atom is -0.548 e. The van der Waals surface area contributed by atoms with Gasteiger partial charge in [-0.05, 0) is 24.1 Å². The van der Waals surface area contributed by atoms with Crippen molar-refractivity contribution in [2.75, 3.05) is 0 Å². The van der Waals surface area contributed by atoms with Crippen molar-refractivity contribution >= 4 is 16.0 Å². The molecule has 1 aromatic carbocycles. The van der Waals surface area contributed by atoms with Gasteiger partial charge in [0.25, 0.3) is 0 Å². The highest BCUT2D eigenvalue weighted by atomic mass is 32.2. The number of carboxylic acid groups (broad SMARTS) is 1. The summed E-state index contributed by atoms with van der Waals surface area (Å²) >= 11 is 0. The number of hydrogen-bond acceptors (Lipinski definition) is 4. The van der Waals surface area contributed by atoms with Crippen molar-refractivity contribution in [3.8, 4) is 0 Å². The Morgan fingerprint density at radius 3 is 2.41 bits per heavy atom. The molecule has 0 spiro atoms. The first-order valence-corrected chi connectivity index (χ1v) is 7.87. The van der Waals surface area contributed by atoms with Crippen molar-refractivity contribution in [2.24, 2.45) is 5.92 Å². The highest BCUT2D eigenvalue weighted by Crippen LogP contribution is 2.30. The molecule has 1 aromatic rings. The van der Waals surface area contributed by atoms with Crippen molar-refractivity contribution in [1.29, 1.82) is 0 Å². The first kappa shape index (κ1) is 18.4. The largest absolute Gasteiger partial charge is 0.548 e. The Morgan fingerprint density at radius 2 is 1.95 bits per heavy atom. The van der Waals surface area contributed by atoms with Gasteiger partial charge in [0.2, 0.25) is 10.0 Å². The topological polar surface area (TPSA) is 86.3 Å². The summed E-state index contributed by atoms with van der Waals surface area (Å²) in [5.41, 5.74) is -1.14. The van der Waals surface area contributed by atoms with Gasteiger partial charge < -0.3 is 9.90 Å². The second-order valence-corrected chi connectivity index (χ2v) is 6.54. The molecule has 0 radical (unpaired) electrons. The van der Waals surface area contributed by atoms with Crippen molar-refractivity contribution in [2.45, 2.75) is 37.4 Å². The van der Waals surface area contributed by atoms with Gasteiger partial charge in [0.05, 0.1) is 22.5 Å². The molecular weight excluding hydrogens is 323 g/mol. The second-order valence-electron chi connectivity index (χ2n) is 4.83. The van der Waals surface area contributed by atoms with Gasteiger partial charge in [-0.3, -0.25) is 0 Å². The molecule has 0 amide bonds. The van der Waals surface area contributed by atoms with Crippen LogP contribution < -0.4 is 9.83 Å². The Kier molecular flexibility index (Phi) is 5.58. The number of aliphatic carboxylic acids is 1. The normalized spacial score (nSPS) is 15.3. The first-order chi connectivity index (χ1) is 9.99. The van der Waals surface area contributed by atoms with E-state index in [1.165, 1.54) is 6.92 Å². The van der Waals surface area contributed by atoms with Crippen molar-refractivity contribution in [1.82, 2.24) is 4.72 Å². The zero-order valence-corrected chi connectivity index (χ0v) is 12.7. The van der Waals surface area contributed by atoms with Gasteiger partial charge in [-0.25, -0.2) is 13.1 Å². The summed E-state index contributed by atoms with van der Waals surface area (Å²) in [5.74, 6) is -2.21. The average molecular weight is 338 g/mol. The summed E-state index contributed by atoms with van der Waals surface area (Å²) in [5, 5.41) is 11.0. The van der Waals surface area contributed by atoms with Gasteiger partial charge in [0.15, 0.2) is 0 Å². The molecule has 0 bridgehead atoms. The quantitative estimate of drug-likeness (QED) is 0.843. The van der Waals surface area contributed by atoms with Gasteiger partial charge in [0.1, 0.15) is 0 Å². The highest BCUT2D eigenvalue weighted by molar-refractivity contribution is 7.89. The smallest absolute Gasteiger partial charge is 0.416 e. The minimum absolute atomic E-state index is 0.351. The number of benzene rings is 1. The maximum Gasteiger partial charge on any atom is 0.416 e. The predicted octanol–water partition coefficient (Wildman–Crippen LogP) is 1.15. The molecule has 1 rings (SSSR count). The molecule has 0 aromatic heterocycles. The summed E-state index contributed by atoms with van der Waals surface area (Å²) in [6.07, 6.45) is -4.35. The third-order valence-corrected chi connectivity index (χ3v) is 4.66. The number of alkyl halides is 3. The van der Waals surface area contributed by atoms with Crippen LogP contribution in [0.2, 0.25) is 0 Å². The Morgan fingerprint density at radius 1 is 1.36 bits per heavy atom. The van der Waals surface area contributed by atoms with Crippen LogP contribution in [0.3, 0.4) is 0 Å². The third kappa shape index (κ3) is 4.44. The number of sulfonamides is 1. The van der Waals surface area contributed by atoms with Crippen molar-refractivity contribution < 1.29 is 31.5 Å². The van der Waals surface area contributed by atoms with Crippen LogP contribution in [-0.2, 0) is 21.0 Å². The number of carboxylic acids is 1. The molecule has 0 fully saturated rings. The van der Waals surface area contributed by atoms with E-state index >= 15 is 0 Å². The maximum absolute atomic E-state index is 12.6. The van der Waals surface area contributed by atoms with Crippen molar-refractivity contribution in [3.63, 3.8) is 0 Å². The van der Waals surface area contributed by atoms with Crippen LogP contribution in [0.1, 0.15) is 25.8 Å². The number of carbonyl (C=O) groups excluding carboxylic acids is 1. The van der Waals surface area contributed by atoms with Crippen LogP contribution in [0.5, 0.6) is 0 Å². The fourth-order valence-corrected chi connectivity index (χ4v) is 3.05. The molecule has 5 nitrogen and oxygen atoms in total. The molecule has 0 aliphatic heterocycles. The van der Waals surface area contributed by atoms with Crippen LogP contribution in [-0.4, -0.2) is 20.4 Å². The van der Waals surface area contributed by atoms with Gasteiger partial charge in [-0.15, -0.1) is 0 Å². The summed E-state index contributed by atoms with van der Waals surface area (Å²) in [4.78, 5) is 10.4. The van der Waals surface area contributed by atoms with Gasteiger partial charge in [-0.2, -0.15) is 13.2 Å². The van der Waals surface area contributed by atoms with E-state index in [0.29, 0.717) is 12.5 Å². The highest BCUT2D eigenvalue weighted by Gasteiger charge is 2.32.